The molecule has 9 nitrogen and oxygen atoms in total. The fraction of sp³-hybridized carbons (Fsp3) is 0.462. The molecule has 0 aliphatic carbocycles. The molecule has 0 atom stereocenters. The molecule has 23 heavy (non-hydrogen) atoms. The van der Waals surface area contributed by atoms with Crippen molar-refractivity contribution in [3.8, 4) is 0 Å². The van der Waals surface area contributed by atoms with Crippen LogP contribution in [0.15, 0.2) is 18.2 Å². The Morgan fingerprint density at radius 3 is 2.61 bits per heavy atom. The third-order valence-corrected chi connectivity index (χ3v) is 5.92. The number of rotatable bonds is 4. The fourth-order valence-electron chi connectivity index (χ4n) is 2.70. The Hall–Kier alpha value is -2.20. The first kappa shape index (κ1) is 15.7. The number of benzene rings is 1. The van der Waals surface area contributed by atoms with Crippen LogP contribution in [0.4, 0.5) is 11.5 Å². The minimum absolute atomic E-state index is 0.00680. The molecule has 0 saturated carbocycles. The van der Waals surface area contributed by atoms with Crippen LogP contribution in [0.25, 0.3) is 10.9 Å². The molecule has 10 heteroatoms. The molecule has 1 aliphatic rings. The normalized spacial score (nSPS) is 16.8. The number of nitro benzene ring substituents is 1. The van der Waals surface area contributed by atoms with Crippen molar-refractivity contribution in [1.82, 2.24) is 14.5 Å². The van der Waals surface area contributed by atoms with E-state index in [0.717, 1.165) is 0 Å². The summed E-state index contributed by atoms with van der Waals surface area (Å²) in [7, 11) is -3.18. The Labute approximate surface area is 133 Å². The molecule has 1 saturated heterocycles. The number of H-pyrrole nitrogens is 1. The van der Waals surface area contributed by atoms with E-state index in [1.807, 2.05) is 4.90 Å². The molecule has 1 aromatic carbocycles. The van der Waals surface area contributed by atoms with Crippen LogP contribution >= 0.6 is 0 Å². The number of nitro groups is 1. The number of nitrogens with one attached hydrogen (secondary N) is 1. The Morgan fingerprint density at radius 2 is 2.00 bits per heavy atom. The van der Waals surface area contributed by atoms with Gasteiger partial charge in [0.05, 0.1) is 21.6 Å². The highest BCUT2D eigenvalue weighted by atomic mass is 32.2. The highest BCUT2D eigenvalue weighted by Gasteiger charge is 2.27. The highest BCUT2D eigenvalue weighted by molar-refractivity contribution is 7.89. The molecule has 0 unspecified atom stereocenters. The zero-order valence-electron chi connectivity index (χ0n) is 12.6. The predicted octanol–water partition coefficient (Wildman–Crippen LogP) is 0.943. The van der Waals surface area contributed by atoms with Crippen molar-refractivity contribution in [3.63, 3.8) is 0 Å². The minimum atomic E-state index is -3.18. The zero-order chi connectivity index (χ0) is 16.6. The topological polar surface area (TPSA) is 112 Å². The molecule has 1 aromatic heterocycles. The number of non-ortho nitro benzene ring substituents is 1. The minimum Gasteiger partial charge on any atom is -0.352 e. The number of nitrogens with zero attached hydrogens (tertiary/aromatic N) is 4. The third kappa shape index (κ3) is 2.86. The molecule has 124 valence electrons. The van der Waals surface area contributed by atoms with Gasteiger partial charge in [0, 0.05) is 38.3 Å². The zero-order valence-corrected chi connectivity index (χ0v) is 13.4. The number of hydrogen-bond donors (Lipinski definition) is 1. The largest absolute Gasteiger partial charge is 0.352 e. The summed E-state index contributed by atoms with van der Waals surface area (Å²) in [5, 5.41) is 18.7. The number of sulfonamides is 1. The number of hydrogen-bond acceptors (Lipinski definition) is 6. The quantitative estimate of drug-likeness (QED) is 0.655. The molecule has 0 amide bonds. The van der Waals surface area contributed by atoms with Crippen LogP contribution in [0, 0.1) is 10.1 Å². The number of anilines is 1. The van der Waals surface area contributed by atoms with Crippen molar-refractivity contribution < 1.29 is 13.3 Å². The van der Waals surface area contributed by atoms with E-state index < -0.39 is 14.9 Å². The van der Waals surface area contributed by atoms with Crippen LogP contribution in [0.1, 0.15) is 6.92 Å². The molecule has 0 radical (unpaired) electrons. The summed E-state index contributed by atoms with van der Waals surface area (Å²) in [6.07, 6.45) is 0. The Morgan fingerprint density at radius 1 is 1.30 bits per heavy atom. The van der Waals surface area contributed by atoms with E-state index in [-0.39, 0.29) is 11.4 Å². The maximum atomic E-state index is 11.9. The summed E-state index contributed by atoms with van der Waals surface area (Å²) in [6.45, 7) is 3.41. The Balaban J connectivity index is 1.85. The lowest BCUT2D eigenvalue weighted by Gasteiger charge is -2.34. The van der Waals surface area contributed by atoms with E-state index in [9.17, 15) is 18.5 Å². The van der Waals surface area contributed by atoms with E-state index in [2.05, 4.69) is 10.2 Å². The standard InChI is InChI=1S/C13H17N5O4S/c1-2-23(21,22)17-7-5-16(6-8-17)13-11-9-10(18(19)20)3-4-12(11)14-15-13/h3-4,9H,2,5-8H2,1H3,(H,14,15). The molecule has 0 spiro atoms. The molecule has 0 bridgehead atoms. The van der Waals surface area contributed by atoms with Gasteiger partial charge in [-0.25, -0.2) is 8.42 Å². The van der Waals surface area contributed by atoms with Gasteiger partial charge in [0.15, 0.2) is 5.82 Å². The fourth-order valence-corrected chi connectivity index (χ4v) is 3.79. The molecule has 1 N–H and O–H groups in total. The SMILES string of the molecule is CCS(=O)(=O)N1CCN(c2n[nH]c3ccc([N+](=O)[O-])cc23)CC1. The lowest BCUT2D eigenvalue weighted by molar-refractivity contribution is -0.384. The van der Waals surface area contributed by atoms with E-state index in [1.165, 1.54) is 16.4 Å². The van der Waals surface area contributed by atoms with Gasteiger partial charge in [-0.05, 0) is 13.0 Å². The van der Waals surface area contributed by atoms with Crippen LogP contribution in [0.3, 0.4) is 0 Å². The van der Waals surface area contributed by atoms with Gasteiger partial charge >= 0.3 is 0 Å². The molecule has 2 heterocycles. The first-order chi connectivity index (χ1) is 10.9. The van der Waals surface area contributed by atoms with Gasteiger partial charge in [0.2, 0.25) is 10.0 Å². The second-order valence-corrected chi connectivity index (χ2v) is 7.58. The summed E-state index contributed by atoms with van der Waals surface area (Å²) < 4.78 is 25.3. The number of fused-ring (bicyclic) bond motifs is 1. The first-order valence-corrected chi connectivity index (χ1v) is 8.88. The van der Waals surface area contributed by atoms with E-state index in [4.69, 9.17) is 0 Å². The number of aromatic nitrogens is 2. The molecule has 1 aliphatic heterocycles. The maximum absolute atomic E-state index is 11.9. The van der Waals surface area contributed by atoms with E-state index in [1.54, 1.807) is 13.0 Å². The van der Waals surface area contributed by atoms with Crippen molar-refractivity contribution in [3.05, 3.63) is 28.3 Å². The summed E-state index contributed by atoms with van der Waals surface area (Å²) in [6, 6.07) is 4.54. The smallest absolute Gasteiger partial charge is 0.270 e. The highest BCUT2D eigenvalue weighted by Crippen LogP contribution is 2.28. The van der Waals surface area contributed by atoms with Crippen LogP contribution in [0.2, 0.25) is 0 Å². The van der Waals surface area contributed by atoms with Crippen LogP contribution in [0.5, 0.6) is 0 Å². The van der Waals surface area contributed by atoms with Gasteiger partial charge in [0.1, 0.15) is 0 Å². The first-order valence-electron chi connectivity index (χ1n) is 7.27. The van der Waals surface area contributed by atoms with Crippen molar-refractivity contribution in [2.45, 2.75) is 6.92 Å². The molecule has 3 rings (SSSR count). The van der Waals surface area contributed by atoms with Gasteiger partial charge in [-0.2, -0.15) is 9.40 Å². The van der Waals surface area contributed by atoms with Crippen LogP contribution in [-0.4, -0.2) is 59.8 Å². The Bertz CT molecular complexity index is 839. The molecule has 2 aromatic rings. The van der Waals surface area contributed by atoms with Crippen molar-refractivity contribution in [1.29, 1.82) is 0 Å². The van der Waals surface area contributed by atoms with Crippen LogP contribution < -0.4 is 4.90 Å². The lowest BCUT2D eigenvalue weighted by atomic mass is 10.2. The summed E-state index contributed by atoms with van der Waals surface area (Å²) in [4.78, 5) is 12.4. The average molecular weight is 339 g/mol. The van der Waals surface area contributed by atoms with Gasteiger partial charge in [0.25, 0.3) is 5.69 Å². The predicted molar refractivity (Wildman–Crippen MR) is 86.0 cm³/mol. The van der Waals surface area contributed by atoms with Crippen molar-refractivity contribution in [2.75, 3.05) is 36.8 Å². The second-order valence-electron chi connectivity index (χ2n) is 5.32. The number of aromatic amines is 1. The van der Waals surface area contributed by atoms with E-state index in [0.29, 0.717) is 42.9 Å². The van der Waals surface area contributed by atoms with E-state index >= 15 is 0 Å². The lowest BCUT2D eigenvalue weighted by Crippen LogP contribution is -2.49. The monoisotopic (exact) mass is 339 g/mol. The number of piperazine rings is 1. The Kier molecular flexibility index (Phi) is 3.94. The van der Waals surface area contributed by atoms with Gasteiger partial charge in [-0.15, -0.1) is 0 Å². The third-order valence-electron chi connectivity index (χ3n) is 4.03. The molecular formula is C13H17N5O4S. The van der Waals surface area contributed by atoms with Crippen molar-refractivity contribution in [2.24, 2.45) is 0 Å². The van der Waals surface area contributed by atoms with Crippen molar-refractivity contribution >= 4 is 32.4 Å². The molecular weight excluding hydrogens is 322 g/mol. The maximum Gasteiger partial charge on any atom is 0.270 e. The van der Waals surface area contributed by atoms with Crippen LogP contribution in [-0.2, 0) is 10.0 Å². The van der Waals surface area contributed by atoms with Gasteiger partial charge in [-0.3, -0.25) is 15.2 Å². The average Bonchev–Trinajstić information content (AvgIpc) is 2.98. The van der Waals surface area contributed by atoms with Gasteiger partial charge in [-0.1, -0.05) is 0 Å². The summed E-state index contributed by atoms with van der Waals surface area (Å²) in [5.41, 5.74) is 0.724. The molecule has 1 fully saturated rings. The second kappa shape index (κ2) is 5.78. The summed E-state index contributed by atoms with van der Waals surface area (Å²) in [5.74, 6) is 0.710. The van der Waals surface area contributed by atoms with Gasteiger partial charge < -0.3 is 4.90 Å². The summed E-state index contributed by atoms with van der Waals surface area (Å²) >= 11 is 0.